The van der Waals surface area contributed by atoms with E-state index in [2.05, 4.69) is 10.6 Å². The predicted molar refractivity (Wildman–Crippen MR) is 139 cm³/mol. The van der Waals surface area contributed by atoms with Crippen LogP contribution in [0.1, 0.15) is 27.3 Å². The van der Waals surface area contributed by atoms with Crippen molar-refractivity contribution in [1.29, 1.82) is 0 Å². The Kier molecular flexibility index (Phi) is 14.4. The van der Waals surface area contributed by atoms with Gasteiger partial charge >= 0.3 is 0 Å². The average molecular weight is 561 g/mol. The SMILES string of the molecule is C.C.COC1OC(CO)[C@@H](O)[C@H](OC2OC(C(=O)NCCc3ccccc3)[C@@H](OC)[C@H](O)[C@@H]2O)[C@@H]1NC(C)=O. The molecule has 2 aliphatic heterocycles. The second-order valence-electron chi connectivity index (χ2n) is 8.91. The number of methoxy groups -OCH3 is 2. The van der Waals surface area contributed by atoms with Gasteiger partial charge in [0.25, 0.3) is 5.91 Å². The minimum atomic E-state index is -1.68. The quantitative estimate of drug-likeness (QED) is 0.200. The number of ether oxygens (including phenoxy) is 5. The van der Waals surface area contributed by atoms with E-state index in [1.807, 2.05) is 30.3 Å². The van der Waals surface area contributed by atoms with E-state index >= 15 is 0 Å². The lowest BCUT2D eigenvalue weighted by molar-refractivity contribution is -0.338. The fourth-order valence-corrected chi connectivity index (χ4v) is 4.47. The molecule has 3 rings (SSSR count). The fraction of sp³-hybridized carbons (Fsp3) is 0.692. The monoisotopic (exact) mass is 560 g/mol. The van der Waals surface area contributed by atoms with E-state index in [9.17, 15) is 30.0 Å². The zero-order chi connectivity index (χ0) is 27.1. The molecule has 0 radical (unpaired) electrons. The molecule has 6 N–H and O–H groups in total. The maximum atomic E-state index is 13.0. The van der Waals surface area contributed by atoms with Crippen molar-refractivity contribution < 1.29 is 53.7 Å². The van der Waals surface area contributed by atoms with Gasteiger partial charge in [-0.1, -0.05) is 45.2 Å². The summed E-state index contributed by atoms with van der Waals surface area (Å²) in [4.78, 5) is 24.8. The standard InChI is InChI=1S/C24H36N2O11.2CH4/c1-12(28)26-15-19(16(29)14(11-27)35-23(15)34-3)36-24-18(31)17(30)20(33-2)21(37-24)22(32)25-10-9-13-7-5-4-6-8-13;;/h4-8,14-21,23-24,27,29-31H,9-11H2,1-3H3,(H,25,32)(H,26,28);2*1H4/t14?,15-,16+,17+,18-,19+,20-,21?,23?,24?;;/m0../s1. The number of nitrogens with one attached hydrogen (secondary N) is 2. The molecule has 39 heavy (non-hydrogen) atoms. The fourth-order valence-electron chi connectivity index (χ4n) is 4.47. The molecule has 0 spiro atoms. The topological polar surface area (TPSA) is 185 Å². The van der Waals surface area contributed by atoms with Gasteiger partial charge < -0.3 is 54.7 Å². The predicted octanol–water partition coefficient (Wildman–Crippen LogP) is -1.31. The Bertz CT molecular complexity index is 877. The van der Waals surface area contributed by atoms with Crippen molar-refractivity contribution in [1.82, 2.24) is 10.6 Å². The van der Waals surface area contributed by atoms with Gasteiger partial charge in [-0.3, -0.25) is 9.59 Å². The summed E-state index contributed by atoms with van der Waals surface area (Å²) >= 11 is 0. The Hall–Kier alpha value is -2.20. The molecule has 4 unspecified atom stereocenters. The maximum absolute atomic E-state index is 13.0. The lowest BCUT2D eigenvalue weighted by Crippen LogP contribution is -2.68. The van der Waals surface area contributed by atoms with E-state index in [1.165, 1.54) is 21.1 Å². The largest absolute Gasteiger partial charge is 0.394 e. The van der Waals surface area contributed by atoms with Crippen LogP contribution in [-0.4, -0.2) is 121 Å². The van der Waals surface area contributed by atoms with Gasteiger partial charge in [0, 0.05) is 27.7 Å². The molecule has 2 amide bonds. The third kappa shape index (κ3) is 8.39. The molecule has 224 valence electrons. The van der Waals surface area contributed by atoms with Crippen LogP contribution in [0, 0.1) is 0 Å². The van der Waals surface area contributed by atoms with E-state index in [1.54, 1.807) is 0 Å². The molecule has 2 saturated heterocycles. The highest BCUT2D eigenvalue weighted by molar-refractivity contribution is 5.81. The van der Waals surface area contributed by atoms with Gasteiger partial charge in [-0.2, -0.15) is 0 Å². The van der Waals surface area contributed by atoms with Crippen LogP contribution >= 0.6 is 0 Å². The molecule has 2 heterocycles. The molecular weight excluding hydrogens is 516 g/mol. The maximum Gasteiger partial charge on any atom is 0.252 e. The molecule has 0 aromatic heterocycles. The van der Waals surface area contributed by atoms with Crippen molar-refractivity contribution in [2.24, 2.45) is 0 Å². The van der Waals surface area contributed by atoms with Gasteiger partial charge in [-0.25, -0.2) is 0 Å². The third-order valence-electron chi connectivity index (χ3n) is 6.38. The summed E-state index contributed by atoms with van der Waals surface area (Å²) in [5, 5.41) is 47.1. The Balaban J connectivity index is 0.00000380. The van der Waals surface area contributed by atoms with Gasteiger partial charge in [0.2, 0.25) is 5.91 Å². The van der Waals surface area contributed by atoms with Crippen LogP contribution in [0.5, 0.6) is 0 Å². The van der Waals surface area contributed by atoms with Crippen molar-refractivity contribution in [3.05, 3.63) is 35.9 Å². The summed E-state index contributed by atoms with van der Waals surface area (Å²) in [5.41, 5.74) is 1.01. The van der Waals surface area contributed by atoms with E-state index < -0.39 is 79.8 Å². The van der Waals surface area contributed by atoms with E-state index in [-0.39, 0.29) is 21.4 Å². The highest BCUT2D eigenvalue weighted by Crippen LogP contribution is 2.30. The lowest BCUT2D eigenvalue weighted by atomic mass is 9.95. The molecule has 0 saturated carbocycles. The minimum Gasteiger partial charge on any atom is -0.394 e. The van der Waals surface area contributed by atoms with Crippen molar-refractivity contribution in [2.45, 2.75) is 89.5 Å². The molecule has 13 nitrogen and oxygen atoms in total. The third-order valence-corrected chi connectivity index (χ3v) is 6.38. The second-order valence-corrected chi connectivity index (χ2v) is 8.91. The van der Waals surface area contributed by atoms with Crippen LogP contribution in [0.4, 0.5) is 0 Å². The summed E-state index contributed by atoms with van der Waals surface area (Å²) < 4.78 is 27.6. The van der Waals surface area contributed by atoms with Gasteiger partial charge in [-0.05, 0) is 12.0 Å². The number of amides is 2. The summed E-state index contributed by atoms with van der Waals surface area (Å²) in [6.45, 7) is 0.922. The molecule has 2 aliphatic rings. The van der Waals surface area contributed by atoms with E-state index in [0.29, 0.717) is 6.42 Å². The molecular formula is C26H44N2O11. The Labute approximate surface area is 229 Å². The van der Waals surface area contributed by atoms with Crippen molar-refractivity contribution >= 4 is 11.8 Å². The smallest absolute Gasteiger partial charge is 0.252 e. The van der Waals surface area contributed by atoms with Crippen LogP contribution in [-0.2, 0) is 39.7 Å². The number of aliphatic hydroxyl groups excluding tert-OH is 4. The second kappa shape index (κ2) is 16.2. The minimum absolute atomic E-state index is 0. The number of hydrogen-bond acceptors (Lipinski definition) is 11. The summed E-state index contributed by atoms with van der Waals surface area (Å²) in [6.07, 6.45) is -12.0. The number of carbonyl (C=O) groups excluding carboxylic acids is 2. The normalized spacial score (nSPS) is 34.2. The highest BCUT2D eigenvalue weighted by Gasteiger charge is 2.53. The Morgan fingerprint density at radius 3 is 2.15 bits per heavy atom. The van der Waals surface area contributed by atoms with E-state index in [4.69, 9.17) is 23.7 Å². The van der Waals surface area contributed by atoms with Crippen molar-refractivity contribution in [3.8, 4) is 0 Å². The first-order valence-electron chi connectivity index (χ1n) is 12.0. The molecule has 0 bridgehead atoms. The van der Waals surface area contributed by atoms with Crippen LogP contribution in [0.15, 0.2) is 30.3 Å². The number of hydrogen-bond donors (Lipinski definition) is 6. The first kappa shape index (κ1) is 34.8. The van der Waals surface area contributed by atoms with Crippen molar-refractivity contribution in [3.63, 3.8) is 0 Å². The first-order chi connectivity index (χ1) is 17.7. The van der Waals surface area contributed by atoms with E-state index in [0.717, 1.165) is 5.56 Å². The van der Waals surface area contributed by atoms with Crippen LogP contribution in [0.2, 0.25) is 0 Å². The van der Waals surface area contributed by atoms with Gasteiger partial charge in [0.05, 0.1) is 6.61 Å². The molecule has 10 atom stereocenters. The molecule has 0 aliphatic carbocycles. The summed E-state index contributed by atoms with van der Waals surface area (Å²) in [7, 11) is 2.57. The lowest BCUT2D eigenvalue weighted by Gasteiger charge is -2.47. The van der Waals surface area contributed by atoms with Gasteiger partial charge in [-0.15, -0.1) is 0 Å². The van der Waals surface area contributed by atoms with Crippen molar-refractivity contribution in [2.75, 3.05) is 27.4 Å². The number of carbonyl (C=O) groups is 2. The van der Waals surface area contributed by atoms with Gasteiger partial charge in [0.1, 0.15) is 42.7 Å². The Morgan fingerprint density at radius 1 is 0.923 bits per heavy atom. The zero-order valence-corrected chi connectivity index (χ0v) is 20.9. The van der Waals surface area contributed by atoms with Crippen LogP contribution in [0.3, 0.4) is 0 Å². The first-order valence-corrected chi connectivity index (χ1v) is 12.0. The molecule has 1 aromatic rings. The number of benzene rings is 1. The van der Waals surface area contributed by atoms with Gasteiger partial charge in [0.15, 0.2) is 18.7 Å². The summed E-state index contributed by atoms with van der Waals surface area (Å²) in [6, 6.07) is 8.42. The molecule has 13 heteroatoms. The average Bonchev–Trinajstić information content (AvgIpc) is 2.89. The summed E-state index contributed by atoms with van der Waals surface area (Å²) in [5.74, 6) is -1.09. The number of rotatable bonds is 10. The molecule has 1 aromatic carbocycles. The Morgan fingerprint density at radius 2 is 1.59 bits per heavy atom. The zero-order valence-electron chi connectivity index (χ0n) is 20.9. The van der Waals surface area contributed by atoms with Crippen LogP contribution < -0.4 is 10.6 Å². The number of aliphatic hydroxyl groups is 4. The van der Waals surface area contributed by atoms with Crippen LogP contribution in [0.25, 0.3) is 0 Å². The highest BCUT2D eigenvalue weighted by atomic mass is 16.7. The molecule has 2 fully saturated rings.